The lowest BCUT2D eigenvalue weighted by molar-refractivity contribution is 0.0590. The van der Waals surface area contributed by atoms with Gasteiger partial charge in [0.05, 0.1) is 17.8 Å². The van der Waals surface area contributed by atoms with Gasteiger partial charge in [0.2, 0.25) is 0 Å². The summed E-state index contributed by atoms with van der Waals surface area (Å²) in [5, 5.41) is 4.67. The second-order valence-electron chi connectivity index (χ2n) is 3.21. The third-order valence-corrected chi connectivity index (χ3v) is 2.86. The van der Waals surface area contributed by atoms with E-state index in [1.807, 2.05) is 12.1 Å². The van der Waals surface area contributed by atoms with Crippen molar-refractivity contribution < 1.29 is 9.53 Å². The van der Waals surface area contributed by atoms with E-state index in [0.717, 1.165) is 0 Å². The molecule has 2 aromatic rings. The summed E-state index contributed by atoms with van der Waals surface area (Å²) >= 11 is 9.28. The van der Waals surface area contributed by atoms with E-state index in [2.05, 4.69) is 25.8 Å². The van der Waals surface area contributed by atoms with Gasteiger partial charge >= 0.3 is 5.97 Å². The van der Waals surface area contributed by atoms with Crippen LogP contribution in [0.15, 0.2) is 34.9 Å². The van der Waals surface area contributed by atoms with E-state index in [-0.39, 0.29) is 0 Å². The van der Waals surface area contributed by atoms with E-state index in [1.54, 1.807) is 18.2 Å². The minimum Gasteiger partial charge on any atom is -0.464 e. The number of halogens is 2. The van der Waals surface area contributed by atoms with Gasteiger partial charge in [-0.1, -0.05) is 23.7 Å². The molecule has 0 aliphatic rings. The maximum atomic E-state index is 11.6. The normalized spacial score (nSPS) is 10.3. The summed E-state index contributed by atoms with van der Waals surface area (Å²) < 4.78 is 6.67. The van der Waals surface area contributed by atoms with Crippen molar-refractivity contribution in [1.29, 1.82) is 0 Å². The summed E-state index contributed by atoms with van der Waals surface area (Å²) in [5.41, 5.74) is 0.938. The van der Waals surface area contributed by atoms with Crippen molar-refractivity contribution in [2.75, 3.05) is 7.11 Å². The number of aromatic nitrogens is 2. The predicted molar refractivity (Wildman–Crippen MR) is 67.6 cm³/mol. The topological polar surface area (TPSA) is 44.1 Å². The van der Waals surface area contributed by atoms with Crippen LogP contribution in [0.5, 0.6) is 0 Å². The molecular weight excluding hydrogens is 307 g/mol. The van der Waals surface area contributed by atoms with Crippen molar-refractivity contribution in [2.24, 2.45) is 0 Å². The molecule has 4 nitrogen and oxygen atoms in total. The molecule has 1 heterocycles. The Kier molecular flexibility index (Phi) is 3.49. The van der Waals surface area contributed by atoms with Gasteiger partial charge in [-0.25, -0.2) is 9.48 Å². The van der Waals surface area contributed by atoms with Gasteiger partial charge in [0.25, 0.3) is 0 Å². The maximum Gasteiger partial charge on any atom is 0.356 e. The molecule has 0 saturated heterocycles. The molecule has 6 heteroatoms. The molecule has 0 amide bonds. The van der Waals surface area contributed by atoms with Gasteiger partial charge in [0, 0.05) is 6.07 Å². The minimum atomic E-state index is -0.469. The highest BCUT2D eigenvalue weighted by Gasteiger charge is 2.17. The first kappa shape index (κ1) is 12.1. The fourth-order valence-electron chi connectivity index (χ4n) is 1.41. The number of nitrogens with zero attached hydrogens (tertiary/aromatic N) is 2. The smallest absolute Gasteiger partial charge is 0.356 e. The van der Waals surface area contributed by atoms with Crippen LogP contribution in [0.1, 0.15) is 10.5 Å². The Labute approximate surface area is 111 Å². The van der Waals surface area contributed by atoms with Crippen LogP contribution in [0.25, 0.3) is 5.69 Å². The Morgan fingerprint density at radius 3 is 2.82 bits per heavy atom. The molecule has 0 saturated carbocycles. The highest BCUT2D eigenvalue weighted by atomic mass is 79.9. The van der Waals surface area contributed by atoms with Gasteiger partial charge < -0.3 is 4.74 Å². The van der Waals surface area contributed by atoms with Gasteiger partial charge in [-0.05, 0) is 28.1 Å². The van der Waals surface area contributed by atoms with Crippen molar-refractivity contribution in [1.82, 2.24) is 9.78 Å². The van der Waals surface area contributed by atoms with Crippen LogP contribution in [0.4, 0.5) is 0 Å². The second kappa shape index (κ2) is 4.89. The Morgan fingerprint density at radius 2 is 2.18 bits per heavy atom. The number of carbonyl (C=O) groups is 1. The largest absolute Gasteiger partial charge is 0.464 e. The average molecular weight is 316 g/mol. The molecule has 1 aromatic heterocycles. The molecule has 0 bridgehead atoms. The van der Waals surface area contributed by atoms with E-state index < -0.39 is 5.97 Å². The van der Waals surface area contributed by atoms with Crippen molar-refractivity contribution in [3.63, 3.8) is 0 Å². The second-order valence-corrected chi connectivity index (χ2v) is 4.43. The Bertz CT molecular complexity index is 568. The first-order valence-corrected chi connectivity index (χ1v) is 5.89. The number of methoxy groups -OCH3 is 1. The summed E-state index contributed by atoms with van der Waals surface area (Å²) in [6.45, 7) is 0. The fourth-order valence-corrected chi connectivity index (χ4v) is 2.00. The monoisotopic (exact) mass is 314 g/mol. The summed E-state index contributed by atoms with van der Waals surface area (Å²) in [7, 11) is 1.32. The standard InChI is InChI=1S/C11H8BrClN2O2/c1-17-11(16)9-6-10(12)14-15(9)8-5-3-2-4-7(8)13/h2-6H,1H3. The molecule has 88 valence electrons. The van der Waals surface area contributed by atoms with Gasteiger partial charge in [-0.15, -0.1) is 0 Å². The molecule has 0 aliphatic carbocycles. The molecule has 0 spiro atoms. The van der Waals surface area contributed by atoms with Crippen LogP contribution in [0.3, 0.4) is 0 Å². The number of carbonyl (C=O) groups excluding carboxylic acids is 1. The average Bonchev–Trinajstić information content (AvgIpc) is 2.71. The first-order valence-electron chi connectivity index (χ1n) is 4.72. The van der Waals surface area contributed by atoms with Gasteiger partial charge in [0.15, 0.2) is 5.69 Å². The zero-order valence-corrected chi connectivity index (χ0v) is 11.2. The van der Waals surface area contributed by atoms with Crippen LogP contribution < -0.4 is 0 Å². The number of rotatable bonds is 2. The van der Waals surface area contributed by atoms with Crippen LogP contribution in [0.2, 0.25) is 5.02 Å². The quantitative estimate of drug-likeness (QED) is 0.800. The van der Waals surface area contributed by atoms with E-state index in [9.17, 15) is 4.79 Å². The van der Waals surface area contributed by atoms with Gasteiger partial charge in [-0.2, -0.15) is 5.10 Å². The zero-order valence-electron chi connectivity index (χ0n) is 8.85. The van der Waals surface area contributed by atoms with E-state index in [0.29, 0.717) is 21.0 Å². The third kappa shape index (κ3) is 2.35. The number of esters is 1. The molecule has 0 aliphatic heterocycles. The van der Waals surface area contributed by atoms with Crippen LogP contribution in [-0.4, -0.2) is 22.9 Å². The highest BCUT2D eigenvalue weighted by Crippen LogP contribution is 2.23. The number of benzene rings is 1. The number of hydrogen-bond acceptors (Lipinski definition) is 3. The van der Waals surface area contributed by atoms with E-state index in [4.69, 9.17) is 11.6 Å². The molecule has 17 heavy (non-hydrogen) atoms. The highest BCUT2D eigenvalue weighted by molar-refractivity contribution is 9.10. The minimum absolute atomic E-state index is 0.312. The number of hydrogen-bond donors (Lipinski definition) is 0. The van der Waals surface area contributed by atoms with E-state index in [1.165, 1.54) is 11.8 Å². The van der Waals surface area contributed by atoms with Crippen LogP contribution >= 0.6 is 27.5 Å². The van der Waals surface area contributed by atoms with Crippen molar-refractivity contribution in [3.8, 4) is 5.69 Å². The number of para-hydroxylation sites is 1. The fraction of sp³-hybridized carbons (Fsp3) is 0.0909. The first-order chi connectivity index (χ1) is 8.13. The maximum absolute atomic E-state index is 11.6. The lowest BCUT2D eigenvalue weighted by Crippen LogP contribution is -2.10. The molecule has 0 radical (unpaired) electrons. The van der Waals surface area contributed by atoms with Crippen LogP contribution in [0, 0.1) is 0 Å². The zero-order chi connectivity index (χ0) is 12.4. The molecule has 1 aromatic carbocycles. The molecule has 0 unspecified atom stereocenters. The van der Waals surface area contributed by atoms with Crippen LogP contribution in [-0.2, 0) is 4.74 Å². The summed E-state index contributed by atoms with van der Waals surface area (Å²) in [6.07, 6.45) is 0. The van der Waals surface area contributed by atoms with E-state index >= 15 is 0 Å². The van der Waals surface area contributed by atoms with Crippen molar-refractivity contribution in [2.45, 2.75) is 0 Å². The summed E-state index contributed by atoms with van der Waals surface area (Å²) in [5.74, 6) is -0.469. The Morgan fingerprint density at radius 1 is 1.47 bits per heavy atom. The molecule has 2 rings (SSSR count). The van der Waals surface area contributed by atoms with Crippen molar-refractivity contribution in [3.05, 3.63) is 45.7 Å². The Balaban J connectivity index is 2.60. The number of ether oxygens (including phenoxy) is 1. The molecule has 0 fully saturated rings. The van der Waals surface area contributed by atoms with Gasteiger partial charge in [-0.3, -0.25) is 0 Å². The summed E-state index contributed by atoms with van der Waals surface area (Å²) in [6, 6.07) is 8.71. The lowest BCUT2D eigenvalue weighted by Gasteiger charge is -2.07. The third-order valence-electron chi connectivity index (χ3n) is 2.15. The predicted octanol–water partition coefficient (Wildman–Crippen LogP) is 3.07. The SMILES string of the molecule is COC(=O)c1cc(Br)nn1-c1ccccc1Cl. The molecule has 0 N–H and O–H groups in total. The van der Waals surface area contributed by atoms with Crippen molar-refractivity contribution >= 4 is 33.5 Å². The lowest BCUT2D eigenvalue weighted by atomic mass is 10.3. The molecule has 0 atom stereocenters. The summed E-state index contributed by atoms with van der Waals surface area (Å²) in [4.78, 5) is 11.6. The van der Waals surface area contributed by atoms with Gasteiger partial charge in [0.1, 0.15) is 4.60 Å². The Hall–Kier alpha value is -1.33. The molecular formula is C11H8BrClN2O2.